The number of amides is 1. The Hall–Kier alpha value is -2.22. The van der Waals surface area contributed by atoms with E-state index in [2.05, 4.69) is 27.3 Å². The van der Waals surface area contributed by atoms with Gasteiger partial charge in [-0.15, -0.1) is 0 Å². The van der Waals surface area contributed by atoms with E-state index in [9.17, 15) is 18.0 Å². The Morgan fingerprint density at radius 1 is 1.30 bits per heavy atom. The molecule has 0 radical (unpaired) electrons. The highest BCUT2D eigenvalue weighted by Gasteiger charge is 2.26. The Kier molecular flexibility index (Phi) is 4.14. The summed E-state index contributed by atoms with van der Waals surface area (Å²) in [5, 5.41) is 1.94. The molecule has 2 rings (SSSR count). The molecule has 1 N–H and O–H groups in total. The normalized spacial score (nSPS) is 17.2. The highest BCUT2D eigenvalue weighted by atomic mass is 32.1. The Labute approximate surface area is 117 Å². The topological polar surface area (TPSA) is 50.7 Å². The lowest BCUT2D eigenvalue weighted by Gasteiger charge is -2.16. The molecule has 1 heterocycles. The predicted molar refractivity (Wildman–Crippen MR) is 69.6 cm³/mol. The molecule has 1 aromatic rings. The summed E-state index contributed by atoms with van der Waals surface area (Å²) >= 11 is 4.63. The monoisotopic (exact) mass is 300 g/mol. The molecule has 0 fully saturated rings. The van der Waals surface area contributed by atoms with Gasteiger partial charge in [0.25, 0.3) is 5.91 Å². The Morgan fingerprint density at radius 2 is 1.95 bits per heavy atom. The van der Waals surface area contributed by atoms with Crippen molar-refractivity contribution in [3.63, 3.8) is 0 Å². The van der Waals surface area contributed by atoms with Gasteiger partial charge in [0.15, 0.2) is 0 Å². The number of rotatable bonds is 2. The number of nitrogens with one attached hydrogen (secondary N) is 1. The molecule has 0 atom stereocenters. The summed E-state index contributed by atoms with van der Waals surface area (Å²) in [6.45, 7) is -3.14. The molecule has 0 spiro atoms. The van der Waals surface area contributed by atoms with E-state index in [-0.39, 0.29) is 10.7 Å². The second kappa shape index (κ2) is 5.83. The van der Waals surface area contributed by atoms with Crippen LogP contribution in [0.2, 0.25) is 0 Å². The maximum atomic E-state index is 12.8. The van der Waals surface area contributed by atoms with Crippen molar-refractivity contribution in [2.75, 3.05) is 0 Å². The molecule has 1 aromatic carbocycles. The van der Waals surface area contributed by atoms with E-state index < -0.39 is 24.2 Å². The minimum atomic E-state index is -3.14. The fraction of sp³-hybridized carbons (Fsp3) is 0.0833. The van der Waals surface area contributed by atoms with Crippen molar-refractivity contribution >= 4 is 35.2 Å². The molecule has 1 amide bonds. The number of benzene rings is 1. The first-order valence-corrected chi connectivity index (χ1v) is 5.73. The minimum absolute atomic E-state index is 0.217. The van der Waals surface area contributed by atoms with Crippen LogP contribution in [0.1, 0.15) is 5.56 Å². The van der Waals surface area contributed by atoms with Gasteiger partial charge in [-0.2, -0.15) is 13.8 Å². The van der Waals surface area contributed by atoms with Crippen molar-refractivity contribution in [1.82, 2.24) is 5.32 Å². The van der Waals surface area contributed by atoms with E-state index in [4.69, 9.17) is 0 Å². The van der Waals surface area contributed by atoms with E-state index in [1.54, 1.807) is 0 Å². The standard InChI is InChI=1S/C12H7F3N2O2S/c13-7-3-1-6(2-4-7)5-8-9(18)16-12(20)17-10(8)19-11(14)15/h1-5,11H,(H,16,18,20). The van der Waals surface area contributed by atoms with Gasteiger partial charge in [0.2, 0.25) is 11.0 Å². The first-order chi connectivity index (χ1) is 9.45. The van der Waals surface area contributed by atoms with E-state index >= 15 is 0 Å². The molecule has 20 heavy (non-hydrogen) atoms. The first kappa shape index (κ1) is 14.2. The second-order valence-electron chi connectivity index (χ2n) is 3.66. The van der Waals surface area contributed by atoms with Crippen LogP contribution >= 0.6 is 12.2 Å². The number of ether oxygens (including phenoxy) is 1. The van der Waals surface area contributed by atoms with E-state index in [0.29, 0.717) is 5.56 Å². The zero-order valence-corrected chi connectivity index (χ0v) is 10.6. The van der Waals surface area contributed by atoms with Gasteiger partial charge in [-0.1, -0.05) is 12.1 Å². The number of hydrogen-bond donors (Lipinski definition) is 1. The van der Waals surface area contributed by atoms with Crippen molar-refractivity contribution in [2.45, 2.75) is 6.61 Å². The largest absolute Gasteiger partial charge is 0.416 e. The second-order valence-corrected chi connectivity index (χ2v) is 4.05. The van der Waals surface area contributed by atoms with Crippen LogP contribution in [0.15, 0.2) is 34.8 Å². The van der Waals surface area contributed by atoms with Crippen LogP contribution in [0.3, 0.4) is 0 Å². The Balaban J connectivity index is 2.39. The van der Waals surface area contributed by atoms with Gasteiger partial charge in [0.05, 0.1) is 0 Å². The first-order valence-electron chi connectivity index (χ1n) is 5.32. The summed E-state index contributed by atoms with van der Waals surface area (Å²) in [6.07, 6.45) is 1.25. The fourth-order valence-electron chi connectivity index (χ4n) is 1.47. The summed E-state index contributed by atoms with van der Waals surface area (Å²) in [7, 11) is 0. The SMILES string of the molecule is O=C1NC(=S)N=C(OC(F)F)C1=Cc1ccc(F)cc1. The third-order valence-electron chi connectivity index (χ3n) is 2.28. The number of carbonyl (C=O) groups is 1. The zero-order chi connectivity index (χ0) is 14.7. The van der Waals surface area contributed by atoms with E-state index in [1.807, 2.05) is 0 Å². The molecule has 4 nitrogen and oxygen atoms in total. The van der Waals surface area contributed by atoms with Crippen LogP contribution in [0, 0.1) is 5.82 Å². The number of aliphatic imine (C=N–C) groups is 1. The lowest BCUT2D eigenvalue weighted by Crippen LogP contribution is -2.38. The zero-order valence-electron chi connectivity index (χ0n) is 9.77. The van der Waals surface area contributed by atoms with E-state index in [0.717, 1.165) is 0 Å². The molecular weight excluding hydrogens is 293 g/mol. The average Bonchev–Trinajstić information content (AvgIpc) is 2.35. The minimum Gasteiger partial charge on any atom is -0.416 e. The maximum absolute atomic E-state index is 12.8. The van der Waals surface area contributed by atoms with Crippen LogP contribution in [0.4, 0.5) is 13.2 Å². The van der Waals surface area contributed by atoms with E-state index in [1.165, 1.54) is 30.3 Å². The van der Waals surface area contributed by atoms with Crippen molar-refractivity contribution in [2.24, 2.45) is 4.99 Å². The molecule has 0 bridgehead atoms. The van der Waals surface area contributed by atoms with Crippen molar-refractivity contribution in [1.29, 1.82) is 0 Å². The summed E-state index contributed by atoms with van der Waals surface area (Å²) in [5.74, 6) is -1.75. The highest BCUT2D eigenvalue weighted by molar-refractivity contribution is 7.80. The lowest BCUT2D eigenvalue weighted by atomic mass is 10.1. The lowest BCUT2D eigenvalue weighted by molar-refractivity contribution is -0.116. The quantitative estimate of drug-likeness (QED) is 0.673. The van der Waals surface area contributed by atoms with Gasteiger partial charge in [-0.05, 0) is 36.0 Å². The van der Waals surface area contributed by atoms with Gasteiger partial charge in [0, 0.05) is 0 Å². The molecule has 1 aliphatic heterocycles. The van der Waals surface area contributed by atoms with Crippen LogP contribution in [-0.4, -0.2) is 23.5 Å². The predicted octanol–water partition coefficient (Wildman–Crippen LogP) is 2.26. The molecule has 104 valence electrons. The van der Waals surface area contributed by atoms with Gasteiger partial charge < -0.3 is 4.74 Å². The van der Waals surface area contributed by atoms with Gasteiger partial charge in [-0.3, -0.25) is 10.1 Å². The van der Waals surface area contributed by atoms with Gasteiger partial charge in [-0.25, -0.2) is 4.39 Å². The fourth-order valence-corrected chi connectivity index (χ4v) is 1.64. The van der Waals surface area contributed by atoms with Gasteiger partial charge in [0.1, 0.15) is 11.4 Å². The Bertz CT molecular complexity index is 612. The smallest absolute Gasteiger partial charge is 0.388 e. The molecule has 0 aromatic heterocycles. The van der Waals surface area contributed by atoms with Crippen LogP contribution < -0.4 is 5.32 Å². The van der Waals surface area contributed by atoms with Crippen molar-refractivity contribution in [3.8, 4) is 0 Å². The summed E-state index contributed by atoms with van der Waals surface area (Å²) < 4.78 is 41.5. The molecule has 0 saturated carbocycles. The number of hydrogen-bond acceptors (Lipinski definition) is 3. The van der Waals surface area contributed by atoms with Crippen LogP contribution in [0.5, 0.6) is 0 Å². The van der Waals surface area contributed by atoms with Crippen LogP contribution in [0.25, 0.3) is 6.08 Å². The molecule has 8 heteroatoms. The third-order valence-corrected chi connectivity index (χ3v) is 2.47. The molecule has 0 aliphatic carbocycles. The third kappa shape index (κ3) is 3.41. The summed E-state index contributed by atoms with van der Waals surface area (Å²) in [5.41, 5.74) is 0.209. The highest BCUT2D eigenvalue weighted by Crippen LogP contribution is 2.15. The van der Waals surface area contributed by atoms with Gasteiger partial charge >= 0.3 is 6.61 Å². The number of thiocarbonyl (C=S) groups is 1. The Morgan fingerprint density at radius 3 is 2.55 bits per heavy atom. The van der Waals surface area contributed by atoms with Crippen molar-refractivity contribution < 1.29 is 22.7 Å². The number of alkyl halides is 2. The summed E-state index contributed by atoms with van der Waals surface area (Å²) in [6, 6.07) is 5.09. The molecule has 0 unspecified atom stereocenters. The summed E-state index contributed by atoms with van der Waals surface area (Å²) in [4.78, 5) is 15.3. The molecular formula is C12H7F3N2O2S. The molecule has 1 aliphatic rings. The van der Waals surface area contributed by atoms with Crippen LogP contribution in [-0.2, 0) is 9.53 Å². The number of halogens is 3. The van der Waals surface area contributed by atoms with Crippen molar-refractivity contribution in [3.05, 3.63) is 41.2 Å². The number of carbonyl (C=O) groups excluding carboxylic acids is 1. The average molecular weight is 300 g/mol. The maximum Gasteiger partial charge on any atom is 0.388 e. The molecule has 0 saturated heterocycles. The number of nitrogens with zero attached hydrogens (tertiary/aromatic N) is 1.